The lowest BCUT2D eigenvalue weighted by molar-refractivity contribution is -0.139. The maximum atomic E-state index is 11.9. The first-order chi connectivity index (χ1) is 10.5. The SMILES string of the molecule is O=C(Nc1cccc(Cl)c1)NC(Cc1ccccc1)C(=O)O. The van der Waals surface area contributed by atoms with E-state index in [9.17, 15) is 14.7 Å². The highest BCUT2D eigenvalue weighted by Crippen LogP contribution is 2.14. The molecule has 5 nitrogen and oxygen atoms in total. The Balaban J connectivity index is 1.98. The molecule has 0 aliphatic carbocycles. The minimum absolute atomic E-state index is 0.207. The third-order valence-electron chi connectivity index (χ3n) is 2.97. The van der Waals surface area contributed by atoms with E-state index in [1.807, 2.05) is 30.3 Å². The maximum absolute atomic E-state index is 11.9. The summed E-state index contributed by atoms with van der Waals surface area (Å²) in [6, 6.07) is 14.1. The summed E-state index contributed by atoms with van der Waals surface area (Å²) in [5.41, 5.74) is 1.33. The average molecular weight is 319 g/mol. The van der Waals surface area contributed by atoms with Crippen molar-refractivity contribution in [2.24, 2.45) is 0 Å². The smallest absolute Gasteiger partial charge is 0.326 e. The van der Waals surface area contributed by atoms with Crippen molar-refractivity contribution in [3.63, 3.8) is 0 Å². The molecule has 114 valence electrons. The molecule has 2 rings (SSSR count). The summed E-state index contributed by atoms with van der Waals surface area (Å²) >= 11 is 5.83. The van der Waals surface area contributed by atoms with E-state index >= 15 is 0 Å². The van der Waals surface area contributed by atoms with Gasteiger partial charge in [-0.1, -0.05) is 48.0 Å². The van der Waals surface area contributed by atoms with E-state index in [2.05, 4.69) is 10.6 Å². The van der Waals surface area contributed by atoms with Crippen molar-refractivity contribution in [3.05, 3.63) is 65.2 Å². The predicted octanol–water partition coefficient (Wildman–Crippen LogP) is 3.16. The molecule has 0 aliphatic rings. The van der Waals surface area contributed by atoms with Crippen LogP contribution >= 0.6 is 11.6 Å². The predicted molar refractivity (Wildman–Crippen MR) is 85.2 cm³/mol. The van der Waals surface area contributed by atoms with Crippen LogP contribution in [0.4, 0.5) is 10.5 Å². The molecule has 2 aromatic carbocycles. The summed E-state index contributed by atoms with van der Waals surface area (Å²) in [5, 5.41) is 14.7. The number of halogens is 1. The summed E-state index contributed by atoms with van der Waals surface area (Å²) in [6.45, 7) is 0. The minimum atomic E-state index is -1.09. The van der Waals surface area contributed by atoms with Crippen LogP contribution in [0.5, 0.6) is 0 Å². The summed E-state index contributed by atoms with van der Waals surface area (Å²) in [4.78, 5) is 23.2. The molecular formula is C16H15ClN2O3. The van der Waals surface area contributed by atoms with E-state index < -0.39 is 18.0 Å². The Morgan fingerprint density at radius 3 is 2.45 bits per heavy atom. The highest BCUT2D eigenvalue weighted by molar-refractivity contribution is 6.30. The van der Waals surface area contributed by atoms with Crippen LogP contribution in [-0.2, 0) is 11.2 Å². The van der Waals surface area contributed by atoms with Crippen LogP contribution in [-0.4, -0.2) is 23.1 Å². The van der Waals surface area contributed by atoms with Gasteiger partial charge < -0.3 is 15.7 Å². The number of hydrogen-bond donors (Lipinski definition) is 3. The molecule has 0 saturated carbocycles. The van der Waals surface area contributed by atoms with Gasteiger partial charge in [-0.05, 0) is 23.8 Å². The van der Waals surface area contributed by atoms with E-state index in [0.29, 0.717) is 10.7 Å². The van der Waals surface area contributed by atoms with Crippen molar-refractivity contribution in [1.82, 2.24) is 5.32 Å². The highest BCUT2D eigenvalue weighted by Gasteiger charge is 2.20. The molecule has 2 amide bonds. The van der Waals surface area contributed by atoms with Crippen LogP contribution in [0.15, 0.2) is 54.6 Å². The van der Waals surface area contributed by atoms with Gasteiger partial charge in [-0.2, -0.15) is 0 Å². The number of carboxylic acid groups (broad SMARTS) is 1. The molecule has 0 spiro atoms. The van der Waals surface area contributed by atoms with E-state index in [4.69, 9.17) is 11.6 Å². The highest BCUT2D eigenvalue weighted by atomic mass is 35.5. The molecule has 0 bridgehead atoms. The number of rotatable bonds is 5. The number of benzene rings is 2. The molecule has 6 heteroatoms. The fourth-order valence-corrected chi connectivity index (χ4v) is 2.13. The van der Waals surface area contributed by atoms with Crippen LogP contribution < -0.4 is 10.6 Å². The number of hydrogen-bond acceptors (Lipinski definition) is 2. The minimum Gasteiger partial charge on any atom is -0.480 e. The number of anilines is 1. The lowest BCUT2D eigenvalue weighted by Gasteiger charge is -2.15. The Hall–Kier alpha value is -2.53. The fourth-order valence-electron chi connectivity index (χ4n) is 1.94. The van der Waals surface area contributed by atoms with E-state index in [1.165, 1.54) is 0 Å². The van der Waals surface area contributed by atoms with Gasteiger partial charge in [-0.3, -0.25) is 0 Å². The second-order valence-electron chi connectivity index (χ2n) is 4.69. The Morgan fingerprint density at radius 2 is 1.82 bits per heavy atom. The molecule has 0 saturated heterocycles. The van der Waals surface area contributed by atoms with Gasteiger partial charge in [-0.25, -0.2) is 9.59 Å². The molecule has 0 heterocycles. The fraction of sp³-hybridized carbons (Fsp3) is 0.125. The van der Waals surface area contributed by atoms with Crippen molar-refractivity contribution in [2.75, 3.05) is 5.32 Å². The Labute approximate surface area is 132 Å². The topological polar surface area (TPSA) is 78.4 Å². The first-order valence-electron chi connectivity index (χ1n) is 6.64. The first-order valence-corrected chi connectivity index (χ1v) is 7.02. The quantitative estimate of drug-likeness (QED) is 0.792. The Bertz CT molecular complexity index is 661. The van der Waals surface area contributed by atoms with Crippen molar-refractivity contribution >= 4 is 29.3 Å². The van der Waals surface area contributed by atoms with Gasteiger partial charge >= 0.3 is 12.0 Å². The summed E-state index contributed by atoms with van der Waals surface area (Å²) in [6.07, 6.45) is 0.207. The third kappa shape index (κ3) is 4.79. The zero-order valence-electron chi connectivity index (χ0n) is 11.6. The monoisotopic (exact) mass is 318 g/mol. The van der Waals surface area contributed by atoms with Crippen molar-refractivity contribution < 1.29 is 14.7 Å². The zero-order chi connectivity index (χ0) is 15.9. The number of amides is 2. The summed E-state index contributed by atoms with van der Waals surface area (Å²) in [5.74, 6) is -1.09. The van der Waals surface area contributed by atoms with Gasteiger partial charge in [0.25, 0.3) is 0 Å². The van der Waals surface area contributed by atoms with Gasteiger partial charge in [0.05, 0.1) is 0 Å². The Kier molecular flexibility index (Phi) is 5.38. The second kappa shape index (κ2) is 7.47. The van der Waals surface area contributed by atoms with Crippen molar-refractivity contribution in [3.8, 4) is 0 Å². The van der Waals surface area contributed by atoms with Crippen LogP contribution in [0.25, 0.3) is 0 Å². The number of urea groups is 1. The number of nitrogens with one attached hydrogen (secondary N) is 2. The normalized spacial score (nSPS) is 11.5. The molecule has 2 aromatic rings. The van der Waals surface area contributed by atoms with Crippen LogP contribution in [0.1, 0.15) is 5.56 Å². The van der Waals surface area contributed by atoms with Crippen LogP contribution in [0.2, 0.25) is 5.02 Å². The second-order valence-corrected chi connectivity index (χ2v) is 5.13. The lowest BCUT2D eigenvalue weighted by Crippen LogP contribution is -2.44. The third-order valence-corrected chi connectivity index (χ3v) is 3.20. The molecule has 3 N–H and O–H groups in total. The van der Waals surface area contributed by atoms with Gasteiger partial charge in [0.1, 0.15) is 6.04 Å². The first kappa shape index (κ1) is 15.9. The molecule has 0 aromatic heterocycles. The molecule has 1 unspecified atom stereocenters. The molecule has 22 heavy (non-hydrogen) atoms. The molecule has 1 atom stereocenters. The number of aliphatic carboxylic acids is 1. The molecular weight excluding hydrogens is 304 g/mol. The molecule has 0 aliphatic heterocycles. The van der Waals surface area contributed by atoms with E-state index in [-0.39, 0.29) is 6.42 Å². The summed E-state index contributed by atoms with van der Waals surface area (Å²) in [7, 11) is 0. The number of carbonyl (C=O) groups excluding carboxylic acids is 1. The van der Waals surface area contributed by atoms with Gasteiger partial charge in [-0.15, -0.1) is 0 Å². The largest absolute Gasteiger partial charge is 0.480 e. The maximum Gasteiger partial charge on any atom is 0.326 e. The molecule has 0 radical (unpaired) electrons. The summed E-state index contributed by atoms with van der Waals surface area (Å²) < 4.78 is 0. The van der Waals surface area contributed by atoms with Crippen molar-refractivity contribution in [1.29, 1.82) is 0 Å². The van der Waals surface area contributed by atoms with Gasteiger partial charge in [0.2, 0.25) is 0 Å². The van der Waals surface area contributed by atoms with Gasteiger partial charge in [0.15, 0.2) is 0 Å². The van der Waals surface area contributed by atoms with Crippen LogP contribution in [0, 0.1) is 0 Å². The number of carbonyl (C=O) groups is 2. The Morgan fingerprint density at radius 1 is 1.09 bits per heavy atom. The molecule has 0 fully saturated rings. The average Bonchev–Trinajstić information content (AvgIpc) is 2.47. The van der Waals surface area contributed by atoms with E-state index in [1.54, 1.807) is 24.3 Å². The lowest BCUT2D eigenvalue weighted by atomic mass is 10.1. The van der Waals surface area contributed by atoms with Gasteiger partial charge in [0, 0.05) is 17.1 Å². The van der Waals surface area contributed by atoms with E-state index in [0.717, 1.165) is 5.56 Å². The van der Waals surface area contributed by atoms with Crippen LogP contribution in [0.3, 0.4) is 0 Å². The zero-order valence-corrected chi connectivity index (χ0v) is 12.4. The standard InChI is InChI=1S/C16H15ClN2O3/c17-12-7-4-8-13(10-12)18-16(22)19-14(15(20)21)9-11-5-2-1-3-6-11/h1-8,10,14H,9H2,(H,20,21)(H2,18,19,22). The number of carboxylic acids is 1. The van der Waals surface area contributed by atoms with Crippen molar-refractivity contribution in [2.45, 2.75) is 12.5 Å².